The second-order valence-corrected chi connectivity index (χ2v) is 10.8. The van der Waals surface area contributed by atoms with Crippen molar-refractivity contribution in [3.05, 3.63) is 65.7 Å². The van der Waals surface area contributed by atoms with Gasteiger partial charge in [0.2, 0.25) is 5.91 Å². The van der Waals surface area contributed by atoms with Crippen LogP contribution >= 0.6 is 0 Å². The van der Waals surface area contributed by atoms with Gasteiger partial charge in [0.05, 0.1) is 10.9 Å². The van der Waals surface area contributed by atoms with Gasteiger partial charge in [0, 0.05) is 11.5 Å². The molecule has 158 valence electrons. The van der Waals surface area contributed by atoms with Crippen molar-refractivity contribution in [1.29, 1.82) is 0 Å². The third-order valence-electron chi connectivity index (χ3n) is 4.84. The highest BCUT2D eigenvalue weighted by molar-refractivity contribution is 7.83. The first-order valence-corrected chi connectivity index (χ1v) is 11.2. The van der Waals surface area contributed by atoms with E-state index in [-0.39, 0.29) is 23.4 Å². The first-order valence-electron chi connectivity index (χ1n) is 10.0. The maximum absolute atomic E-state index is 13.4. The molecule has 0 fully saturated rings. The van der Waals surface area contributed by atoms with Crippen molar-refractivity contribution in [2.75, 3.05) is 0 Å². The van der Waals surface area contributed by atoms with Crippen LogP contribution in [0.25, 0.3) is 0 Å². The van der Waals surface area contributed by atoms with Gasteiger partial charge in [-0.05, 0) is 29.5 Å². The van der Waals surface area contributed by atoms with Crippen LogP contribution in [0.4, 0.5) is 0 Å². The van der Waals surface area contributed by atoms with Gasteiger partial charge in [-0.3, -0.25) is 4.79 Å². The lowest BCUT2D eigenvalue weighted by Crippen LogP contribution is -2.37. The average molecular weight is 415 g/mol. The average Bonchev–Trinajstić information content (AvgIpc) is 2.64. The van der Waals surface area contributed by atoms with Gasteiger partial charge in [0.15, 0.2) is 0 Å². The maximum Gasteiger partial charge on any atom is 0.225 e. The van der Waals surface area contributed by atoms with Crippen LogP contribution in [0.2, 0.25) is 0 Å². The predicted octanol–water partition coefficient (Wildman–Crippen LogP) is 5.31. The number of hydrogen-bond acceptors (Lipinski definition) is 2. The van der Waals surface area contributed by atoms with E-state index in [2.05, 4.69) is 42.9 Å². The van der Waals surface area contributed by atoms with E-state index in [4.69, 9.17) is 0 Å². The van der Waals surface area contributed by atoms with Crippen LogP contribution in [0.1, 0.15) is 71.7 Å². The molecular weight excluding hydrogens is 380 g/mol. The van der Waals surface area contributed by atoms with E-state index < -0.39 is 16.4 Å². The molecule has 0 heterocycles. The lowest BCUT2D eigenvalue weighted by molar-refractivity contribution is -0.129. The molecule has 3 atom stereocenters. The molecule has 29 heavy (non-hydrogen) atoms. The second kappa shape index (κ2) is 9.23. The van der Waals surface area contributed by atoms with E-state index in [0.717, 1.165) is 11.1 Å². The van der Waals surface area contributed by atoms with Crippen molar-refractivity contribution in [1.82, 2.24) is 10.0 Å². The Hall–Kier alpha value is -1.98. The largest absolute Gasteiger partial charge is 0.349 e. The van der Waals surface area contributed by atoms with Gasteiger partial charge in [0.1, 0.15) is 11.0 Å². The number of carbonyl (C=O) groups excluding carboxylic acids is 1. The SMILES string of the molecule is C[C@@H](NC(=O)C(C)(C)C)c1ccccc1S(=O)N[C@H](c1ccccc1)C(C)(C)C. The first kappa shape index (κ1) is 23.3. The van der Waals surface area contributed by atoms with E-state index in [1.54, 1.807) is 0 Å². The molecule has 1 amide bonds. The molecule has 0 saturated heterocycles. The molecule has 4 nitrogen and oxygen atoms in total. The lowest BCUT2D eigenvalue weighted by atomic mass is 9.83. The van der Waals surface area contributed by atoms with Crippen molar-refractivity contribution in [3.63, 3.8) is 0 Å². The van der Waals surface area contributed by atoms with Crippen LogP contribution in [0.15, 0.2) is 59.5 Å². The number of hydrogen-bond donors (Lipinski definition) is 2. The molecule has 0 saturated carbocycles. The molecule has 5 heteroatoms. The number of benzene rings is 2. The van der Waals surface area contributed by atoms with Gasteiger partial charge in [0.25, 0.3) is 0 Å². The third-order valence-corrected chi connectivity index (χ3v) is 6.06. The molecular formula is C24H34N2O2S. The molecule has 0 aromatic heterocycles. The summed E-state index contributed by atoms with van der Waals surface area (Å²) >= 11 is 0. The number of amides is 1. The Morgan fingerprint density at radius 1 is 0.897 bits per heavy atom. The number of nitrogens with one attached hydrogen (secondary N) is 2. The summed E-state index contributed by atoms with van der Waals surface area (Å²) < 4.78 is 16.7. The minimum atomic E-state index is -1.43. The molecule has 0 spiro atoms. The highest BCUT2D eigenvalue weighted by Gasteiger charge is 2.29. The standard InChI is InChI=1S/C24H34N2O2S/c1-17(25-22(27)24(5,6)7)19-15-11-12-16-20(19)29(28)26-21(23(2,3)4)18-13-9-8-10-14-18/h8-17,21,26H,1-7H3,(H,25,27)/t17-,21-,29?/m1/s1. The van der Waals surface area contributed by atoms with Gasteiger partial charge >= 0.3 is 0 Å². The molecule has 0 aliphatic carbocycles. The van der Waals surface area contributed by atoms with Crippen molar-refractivity contribution in [2.24, 2.45) is 10.8 Å². The van der Waals surface area contributed by atoms with Crippen LogP contribution in [0.3, 0.4) is 0 Å². The summed E-state index contributed by atoms with van der Waals surface area (Å²) in [5.74, 6) is -0.0320. The maximum atomic E-state index is 13.4. The Balaban J connectivity index is 2.30. The fourth-order valence-corrected chi connectivity index (χ4v) is 4.55. The van der Waals surface area contributed by atoms with E-state index >= 15 is 0 Å². The highest BCUT2D eigenvalue weighted by atomic mass is 32.2. The zero-order valence-electron chi connectivity index (χ0n) is 18.6. The van der Waals surface area contributed by atoms with Crippen LogP contribution < -0.4 is 10.0 Å². The smallest absolute Gasteiger partial charge is 0.225 e. The molecule has 2 N–H and O–H groups in total. The fourth-order valence-electron chi connectivity index (χ4n) is 3.06. The van der Waals surface area contributed by atoms with Crippen molar-refractivity contribution in [3.8, 4) is 0 Å². The van der Waals surface area contributed by atoms with E-state index in [1.807, 2.05) is 70.2 Å². The van der Waals surface area contributed by atoms with Gasteiger partial charge in [-0.15, -0.1) is 0 Å². The minimum Gasteiger partial charge on any atom is -0.349 e. The quantitative estimate of drug-likeness (QED) is 0.673. The third kappa shape index (κ3) is 6.25. The summed E-state index contributed by atoms with van der Waals surface area (Å²) in [7, 11) is -1.43. The van der Waals surface area contributed by atoms with Crippen LogP contribution in [0.5, 0.6) is 0 Å². The summed E-state index contributed by atoms with van der Waals surface area (Å²) in [5.41, 5.74) is 1.35. The van der Waals surface area contributed by atoms with E-state index in [0.29, 0.717) is 4.90 Å². The monoisotopic (exact) mass is 414 g/mol. The summed E-state index contributed by atoms with van der Waals surface area (Å²) in [4.78, 5) is 13.1. The molecule has 1 unspecified atom stereocenters. The van der Waals surface area contributed by atoms with Gasteiger partial charge in [-0.25, -0.2) is 8.93 Å². The van der Waals surface area contributed by atoms with Crippen molar-refractivity contribution >= 4 is 16.9 Å². The molecule has 2 rings (SSSR count). The summed E-state index contributed by atoms with van der Waals surface area (Å²) in [6.45, 7) is 14.0. The van der Waals surface area contributed by atoms with Gasteiger partial charge < -0.3 is 5.32 Å². The summed E-state index contributed by atoms with van der Waals surface area (Å²) in [5, 5.41) is 3.05. The highest BCUT2D eigenvalue weighted by Crippen LogP contribution is 2.34. The minimum absolute atomic E-state index is 0.0320. The number of rotatable bonds is 6. The Morgan fingerprint density at radius 2 is 1.45 bits per heavy atom. The topological polar surface area (TPSA) is 58.2 Å². The molecule has 0 aliphatic heterocycles. The predicted molar refractivity (Wildman–Crippen MR) is 121 cm³/mol. The molecule has 2 aromatic rings. The van der Waals surface area contributed by atoms with Gasteiger partial charge in [-0.1, -0.05) is 90.1 Å². The Labute approximate surface area is 178 Å². The fraction of sp³-hybridized carbons (Fsp3) is 0.458. The molecule has 0 aliphatic rings. The van der Waals surface area contributed by atoms with Gasteiger partial charge in [-0.2, -0.15) is 0 Å². The number of carbonyl (C=O) groups is 1. The van der Waals surface area contributed by atoms with Crippen molar-refractivity contribution in [2.45, 2.75) is 65.4 Å². The Kier molecular flexibility index (Phi) is 7.41. The summed E-state index contributed by atoms with van der Waals surface area (Å²) in [6.07, 6.45) is 0. The lowest BCUT2D eigenvalue weighted by Gasteiger charge is -2.32. The normalized spacial score (nSPS) is 15.4. The molecule has 2 aromatic carbocycles. The summed E-state index contributed by atoms with van der Waals surface area (Å²) in [6, 6.07) is 17.3. The van der Waals surface area contributed by atoms with E-state index in [1.165, 1.54) is 0 Å². The second-order valence-electron chi connectivity index (χ2n) is 9.58. The first-order chi connectivity index (χ1) is 13.4. The van der Waals surface area contributed by atoms with Crippen LogP contribution in [-0.4, -0.2) is 10.1 Å². The van der Waals surface area contributed by atoms with Crippen LogP contribution in [0, 0.1) is 10.8 Å². The Bertz CT molecular complexity index is 851. The van der Waals surface area contributed by atoms with Crippen LogP contribution in [-0.2, 0) is 15.8 Å². The van der Waals surface area contributed by atoms with E-state index in [9.17, 15) is 9.00 Å². The Morgan fingerprint density at radius 3 is 2.00 bits per heavy atom. The van der Waals surface area contributed by atoms with Crippen molar-refractivity contribution < 1.29 is 9.00 Å². The molecule has 0 bridgehead atoms. The molecule has 0 radical (unpaired) electrons. The zero-order valence-corrected chi connectivity index (χ0v) is 19.4. The zero-order chi connectivity index (χ0) is 21.8.